The Morgan fingerprint density at radius 3 is 3.00 bits per heavy atom. The lowest BCUT2D eigenvalue weighted by molar-refractivity contribution is 0.733. The molecule has 1 N–H and O–H groups in total. The van der Waals surface area contributed by atoms with Crippen LogP contribution in [0.15, 0.2) is 29.9 Å². The highest BCUT2D eigenvalue weighted by atomic mass is 14.9. The van der Waals surface area contributed by atoms with Crippen LogP contribution in [0, 0.1) is 0 Å². The molecule has 2 heteroatoms. The Morgan fingerprint density at radius 1 is 1.60 bits per heavy atom. The molecule has 1 rings (SSSR count). The van der Waals surface area contributed by atoms with Crippen LogP contribution in [0.3, 0.4) is 0 Å². The maximum absolute atomic E-state index is 4.08. The first-order chi connectivity index (χ1) is 4.84. The molecule has 1 fully saturated rings. The third-order valence-corrected chi connectivity index (χ3v) is 1.55. The predicted molar refractivity (Wildman–Crippen MR) is 44.3 cm³/mol. The molecule has 0 aromatic carbocycles. The van der Waals surface area contributed by atoms with Gasteiger partial charge in [-0.25, -0.2) is 0 Å². The second-order valence-corrected chi connectivity index (χ2v) is 2.29. The minimum atomic E-state index is 0.838. The van der Waals surface area contributed by atoms with Crippen molar-refractivity contribution in [1.29, 1.82) is 0 Å². The molecule has 0 bridgehead atoms. The summed E-state index contributed by atoms with van der Waals surface area (Å²) in [6.07, 6.45) is 2.57. The fourth-order valence-electron chi connectivity index (χ4n) is 0.962. The van der Waals surface area contributed by atoms with Crippen LogP contribution >= 0.6 is 0 Å². The molecule has 2 nitrogen and oxygen atoms in total. The number of hydrogen-bond donors (Lipinski definition) is 1. The van der Waals surface area contributed by atoms with Crippen LogP contribution < -0.4 is 5.32 Å². The Labute approximate surface area is 61.4 Å². The van der Waals surface area contributed by atoms with Crippen molar-refractivity contribution in [1.82, 2.24) is 5.32 Å². The van der Waals surface area contributed by atoms with E-state index in [0.717, 1.165) is 30.8 Å². The van der Waals surface area contributed by atoms with Crippen LogP contribution in [-0.2, 0) is 0 Å². The molecule has 1 heterocycles. The van der Waals surface area contributed by atoms with Gasteiger partial charge in [-0.15, -0.1) is 0 Å². The molecule has 0 aliphatic carbocycles. The molecule has 54 valence electrons. The Balaban J connectivity index is 2.64. The van der Waals surface area contributed by atoms with Gasteiger partial charge in [0, 0.05) is 12.7 Å². The highest BCUT2D eigenvalue weighted by molar-refractivity contribution is 6.02. The molecule has 0 aromatic heterocycles. The van der Waals surface area contributed by atoms with E-state index in [4.69, 9.17) is 0 Å². The molecule has 0 radical (unpaired) electrons. The summed E-state index contributed by atoms with van der Waals surface area (Å²) in [6, 6.07) is 0. The predicted octanol–water partition coefficient (Wildman–Crippen LogP) is 1.12. The van der Waals surface area contributed by atoms with Crippen molar-refractivity contribution >= 4 is 5.71 Å². The van der Waals surface area contributed by atoms with Crippen molar-refractivity contribution < 1.29 is 0 Å². The molecule has 0 unspecified atom stereocenters. The van der Waals surface area contributed by atoms with Crippen molar-refractivity contribution in [2.45, 2.75) is 6.42 Å². The zero-order valence-electron chi connectivity index (χ0n) is 6.06. The monoisotopic (exact) mass is 136 g/mol. The average Bonchev–Trinajstić information content (AvgIpc) is 1.94. The van der Waals surface area contributed by atoms with Gasteiger partial charge in [-0.1, -0.05) is 13.2 Å². The minimum Gasteiger partial charge on any atom is -0.311 e. The summed E-state index contributed by atoms with van der Waals surface area (Å²) in [7, 11) is 0. The van der Waals surface area contributed by atoms with Gasteiger partial charge >= 0.3 is 0 Å². The summed E-state index contributed by atoms with van der Waals surface area (Å²) in [5.74, 6) is 0. The van der Waals surface area contributed by atoms with E-state index in [1.165, 1.54) is 0 Å². The molecule has 10 heavy (non-hydrogen) atoms. The van der Waals surface area contributed by atoms with Crippen LogP contribution in [0.4, 0.5) is 0 Å². The van der Waals surface area contributed by atoms with Crippen molar-refractivity contribution in [3.05, 3.63) is 24.9 Å². The minimum absolute atomic E-state index is 0.838. The second-order valence-electron chi connectivity index (χ2n) is 2.29. The number of rotatable bonds is 1. The summed E-state index contributed by atoms with van der Waals surface area (Å²) in [6.45, 7) is 9.29. The number of piperidine rings is 1. The van der Waals surface area contributed by atoms with Gasteiger partial charge < -0.3 is 5.32 Å². The normalized spacial score (nSPS) is 23.2. The second kappa shape index (κ2) is 3.32. The van der Waals surface area contributed by atoms with E-state index >= 15 is 0 Å². The molecule has 0 spiro atoms. The van der Waals surface area contributed by atoms with Gasteiger partial charge in [0.15, 0.2) is 0 Å². The zero-order chi connectivity index (χ0) is 7.40. The highest BCUT2D eigenvalue weighted by Crippen LogP contribution is 2.04. The maximum atomic E-state index is 4.08. The molecule has 1 aliphatic heterocycles. The number of nitrogens with zero attached hydrogens (tertiary/aromatic N) is 1. The van der Waals surface area contributed by atoms with Crippen molar-refractivity contribution in [2.24, 2.45) is 4.99 Å². The Kier molecular flexibility index (Phi) is 2.40. The molecule has 1 aliphatic rings. The van der Waals surface area contributed by atoms with Crippen LogP contribution in [0.2, 0.25) is 0 Å². The van der Waals surface area contributed by atoms with E-state index in [1.807, 2.05) is 0 Å². The highest BCUT2D eigenvalue weighted by Gasteiger charge is 2.08. The van der Waals surface area contributed by atoms with Gasteiger partial charge in [-0.05, 0) is 18.5 Å². The molecule has 0 atom stereocenters. The van der Waals surface area contributed by atoms with E-state index in [2.05, 4.69) is 23.5 Å². The lowest BCUT2D eigenvalue weighted by atomic mass is 10.1. The van der Waals surface area contributed by atoms with E-state index in [0.29, 0.717) is 0 Å². The lowest BCUT2D eigenvalue weighted by Crippen LogP contribution is -2.31. The van der Waals surface area contributed by atoms with Crippen LogP contribution in [-0.4, -0.2) is 18.8 Å². The fraction of sp³-hybridized carbons (Fsp3) is 0.375. The fourth-order valence-corrected chi connectivity index (χ4v) is 0.962. The average molecular weight is 136 g/mol. The van der Waals surface area contributed by atoms with Gasteiger partial charge in [-0.3, -0.25) is 4.99 Å². The summed E-state index contributed by atoms with van der Waals surface area (Å²) < 4.78 is 0. The molecule has 1 saturated heterocycles. The molecule has 0 aromatic rings. The molecule has 0 saturated carbocycles. The van der Waals surface area contributed by atoms with E-state index in [-0.39, 0.29) is 0 Å². The number of hydrogen-bond acceptors (Lipinski definition) is 2. The standard InChI is InChI=1S/C8H12N2/c1-3-10-8-6-9-5-4-7(8)2/h3,9H,1-2,4-6H2. The summed E-state index contributed by atoms with van der Waals surface area (Å²) in [4.78, 5) is 4.08. The Bertz CT molecular complexity index is 180. The number of nitrogens with one attached hydrogen (secondary N) is 1. The first-order valence-electron chi connectivity index (χ1n) is 3.41. The summed E-state index contributed by atoms with van der Waals surface area (Å²) >= 11 is 0. The van der Waals surface area contributed by atoms with Crippen molar-refractivity contribution in [2.75, 3.05) is 13.1 Å². The zero-order valence-corrected chi connectivity index (χ0v) is 6.06. The Hall–Kier alpha value is -0.890. The van der Waals surface area contributed by atoms with Crippen molar-refractivity contribution in [3.8, 4) is 0 Å². The molecular formula is C8H12N2. The van der Waals surface area contributed by atoms with Crippen molar-refractivity contribution in [3.63, 3.8) is 0 Å². The first-order valence-corrected chi connectivity index (χ1v) is 3.41. The summed E-state index contributed by atoms with van der Waals surface area (Å²) in [5.41, 5.74) is 2.18. The maximum Gasteiger partial charge on any atom is 0.0567 e. The lowest BCUT2D eigenvalue weighted by Gasteiger charge is -2.15. The van der Waals surface area contributed by atoms with Crippen LogP contribution in [0.1, 0.15) is 6.42 Å². The van der Waals surface area contributed by atoms with E-state index < -0.39 is 0 Å². The van der Waals surface area contributed by atoms with Gasteiger partial charge in [0.05, 0.1) is 5.71 Å². The van der Waals surface area contributed by atoms with Gasteiger partial charge in [0.25, 0.3) is 0 Å². The van der Waals surface area contributed by atoms with Crippen LogP contribution in [0.25, 0.3) is 0 Å². The van der Waals surface area contributed by atoms with Gasteiger partial charge in [-0.2, -0.15) is 0 Å². The molecule has 0 amide bonds. The Morgan fingerprint density at radius 2 is 2.40 bits per heavy atom. The largest absolute Gasteiger partial charge is 0.311 e. The van der Waals surface area contributed by atoms with Gasteiger partial charge in [0.1, 0.15) is 0 Å². The van der Waals surface area contributed by atoms with E-state index in [1.54, 1.807) is 6.20 Å². The third kappa shape index (κ3) is 1.54. The van der Waals surface area contributed by atoms with Crippen LogP contribution in [0.5, 0.6) is 0 Å². The number of aliphatic imine (C=N–C) groups is 1. The quantitative estimate of drug-likeness (QED) is 0.574. The topological polar surface area (TPSA) is 24.4 Å². The molecular weight excluding hydrogens is 124 g/mol. The first kappa shape index (κ1) is 7.22. The van der Waals surface area contributed by atoms with E-state index in [9.17, 15) is 0 Å². The summed E-state index contributed by atoms with van der Waals surface area (Å²) in [5, 5.41) is 3.21. The SMILES string of the molecule is C=CN=C1CNCCC1=C. The smallest absolute Gasteiger partial charge is 0.0567 e. The third-order valence-electron chi connectivity index (χ3n) is 1.55. The van der Waals surface area contributed by atoms with Gasteiger partial charge in [0.2, 0.25) is 0 Å².